The molecule has 3 heteroatoms. The standard InChI is InChI=1S/C11H16BrNO/c1-4-14-11-7-5-6-10(12)9(11)8-13(2)3/h5-7H,4,8H2,1-3H3. The molecular weight excluding hydrogens is 242 g/mol. The van der Waals surface area contributed by atoms with Crippen molar-refractivity contribution in [1.82, 2.24) is 4.90 Å². The highest BCUT2D eigenvalue weighted by Crippen LogP contribution is 2.27. The van der Waals surface area contributed by atoms with Gasteiger partial charge in [-0.3, -0.25) is 0 Å². The Morgan fingerprint density at radius 2 is 2.07 bits per heavy atom. The topological polar surface area (TPSA) is 12.5 Å². The van der Waals surface area contributed by atoms with E-state index in [0.717, 1.165) is 16.8 Å². The van der Waals surface area contributed by atoms with Gasteiger partial charge in [0.05, 0.1) is 6.61 Å². The molecule has 0 N–H and O–H groups in total. The molecule has 0 aliphatic rings. The summed E-state index contributed by atoms with van der Waals surface area (Å²) in [5, 5.41) is 0. The van der Waals surface area contributed by atoms with Crippen LogP contribution in [-0.4, -0.2) is 25.6 Å². The van der Waals surface area contributed by atoms with Gasteiger partial charge < -0.3 is 9.64 Å². The van der Waals surface area contributed by atoms with Crippen molar-refractivity contribution in [2.75, 3.05) is 20.7 Å². The number of rotatable bonds is 4. The molecular formula is C11H16BrNO. The maximum absolute atomic E-state index is 5.56. The van der Waals surface area contributed by atoms with Crippen LogP contribution in [0.25, 0.3) is 0 Å². The molecule has 0 spiro atoms. The molecule has 0 heterocycles. The summed E-state index contributed by atoms with van der Waals surface area (Å²) >= 11 is 3.54. The summed E-state index contributed by atoms with van der Waals surface area (Å²) in [6.45, 7) is 3.59. The van der Waals surface area contributed by atoms with Crippen LogP contribution in [-0.2, 0) is 6.54 Å². The minimum atomic E-state index is 0.705. The van der Waals surface area contributed by atoms with Crippen molar-refractivity contribution < 1.29 is 4.74 Å². The van der Waals surface area contributed by atoms with Crippen LogP contribution in [0.3, 0.4) is 0 Å². The predicted octanol–water partition coefficient (Wildman–Crippen LogP) is 2.91. The summed E-state index contributed by atoms with van der Waals surface area (Å²) in [5.74, 6) is 0.968. The van der Waals surface area contributed by atoms with Crippen molar-refractivity contribution in [3.05, 3.63) is 28.2 Å². The van der Waals surface area contributed by atoms with Gasteiger partial charge >= 0.3 is 0 Å². The van der Waals surface area contributed by atoms with E-state index in [0.29, 0.717) is 6.61 Å². The SMILES string of the molecule is CCOc1cccc(Br)c1CN(C)C. The molecule has 0 aromatic heterocycles. The average molecular weight is 258 g/mol. The van der Waals surface area contributed by atoms with E-state index in [1.807, 2.05) is 25.1 Å². The first-order valence-corrected chi connectivity index (χ1v) is 5.49. The summed E-state index contributed by atoms with van der Waals surface area (Å²) in [6.07, 6.45) is 0. The summed E-state index contributed by atoms with van der Waals surface area (Å²) in [7, 11) is 4.10. The number of halogens is 1. The van der Waals surface area contributed by atoms with Crippen LogP contribution in [0.4, 0.5) is 0 Å². The average Bonchev–Trinajstić information content (AvgIpc) is 2.11. The van der Waals surface area contributed by atoms with Gasteiger partial charge in [-0.25, -0.2) is 0 Å². The third kappa shape index (κ3) is 3.00. The van der Waals surface area contributed by atoms with Crippen molar-refractivity contribution in [2.24, 2.45) is 0 Å². The Morgan fingerprint density at radius 1 is 1.36 bits per heavy atom. The minimum Gasteiger partial charge on any atom is -0.494 e. The number of hydrogen-bond donors (Lipinski definition) is 0. The number of nitrogens with zero attached hydrogens (tertiary/aromatic N) is 1. The van der Waals surface area contributed by atoms with Crippen LogP contribution < -0.4 is 4.74 Å². The van der Waals surface area contributed by atoms with Crippen LogP contribution >= 0.6 is 15.9 Å². The first-order valence-electron chi connectivity index (χ1n) is 4.70. The van der Waals surface area contributed by atoms with Gasteiger partial charge in [-0.05, 0) is 33.2 Å². The van der Waals surface area contributed by atoms with Crippen LogP contribution in [0.5, 0.6) is 5.75 Å². The predicted molar refractivity (Wildman–Crippen MR) is 62.7 cm³/mol. The van der Waals surface area contributed by atoms with Gasteiger partial charge in [0.25, 0.3) is 0 Å². The Bertz CT molecular complexity index is 299. The largest absolute Gasteiger partial charge is 0.494 e. The zero-order valence-corrected chi connectivity index (χ0v) is 10.5. The second-order valence-corrected chi connectivity index (χ2v) is 4.24. The van der Waals surface area contributed by atoms with E-state index in [9.17, 15) is 0 Å². The Kier molecular flexibility index (Phi) is 4.42. The fourth-order valence-corrected chi connectivity index (χ4v) is 1.77. The van der Waals surface area contributed by atoms with Gasteiger partial charge in [-0.15, -0.1) is 0 Å². The lowest BCUT2D eigenvalue weighted by atomic mass is 10.2. The van der Waals surface area contributed by atoms with E-state index in [-0.39, 0.29) is 0 Å². The maximum atomic E-state index is 5.56. The summed E-state index contributed by atoms with van der Waals surface area (Å²) < 4.78 is 6.67. The van der Waals surface area contributed by atoms with Crippen LogP contribution in [0.15, 0.2) is 22.7 Å². The molecule has 0 unspecified atom stereocenters. The molecule has 0 saturated carbocycles. The lowest BCUT2D eigenvalue weighted by Crippen LogP contribution is -2.12. The first-order chi connectivity index (χ1) is 6.65. The fraction of sp³-hybridized carbons (Fsp3) is 0.455. The molecule has 0 aliphatic heterocycles. The Balaban J connectivity index is 2.96. The Hall–Kier alpha value is -0.540. The quantitative estimate of drug-likeness (QED) is 0.823. The molecule has 14 heavy (non-hydrogen) atoms. The zero-order valence-electron chi connectivity index (χ0n) is 8.88. The van der Waals surface area contributed by atoms with Crippen molar-refractivity contribution in [3.8, 4) is 5.75 Å². The van der Waals surface area contributed by atoms with E-state index in [1.54, 1.807) is 0 Å². The van der Waals surface area contributed by atoms with E-state index >= 15 is 0 Å². The van der Waals surface area contributed by atoms with Gasteiger partial charge in [0.1, 0.15) is 5.75 Å². The van der Waals surface area contributed by atoms with E-state index < -0.39 is 0 Å². The maximum Gasteiger partial charge on any atom is 0.124 e. The van der Waals surface area contributed by atoms with E-state index in [1.165, 1.54) is 5.56 Å². The monoisotopic (exact) mass is 257 g/mol. The summed E-state index contributed by atoms with van der Waals surface area (Å²) in [6, 6.07) is 6.04. The number of ether oxygens (including phenoxy) is 1. The van der Waals surface area contributed by atoms with E-state index in [2.05, 4.69) is 34.9 Å². The van der Waals surface area contributed by atoms with Crippen molar-refractivity contribution in [2.45, 2.75) is 13.5 Å². The van der Waals surface area contributed by atoms with Crippen LogP contribution in [0, 0.1) is 0 Å². The lowest BCUT2D eigenvalue weighted by Gasteiger charge is -2.15. The highest BCUT2D eigenvalue weighted by molar-refractivity contribution is 9.10. The molecule has 0 fully saturated rings. The molecule has 0 amide bonds. The van der Waals surface area contributed by atoms with Crippen LogP contribution in [0.2, 0.25) is 0 Å². The second kappa shape index (κ2) is 5.37. The van der Waals surface area contributed by atoms with Crippen LogP contribution in [0.1, 0.15) is 12.5 Å². The first kappa shape index (κ1) is 11.5. The molecule has 0 aliphatic carbocycles. The van der Waals surface area contributed by atoms with Gasteiger partial charge in [0.15, 0.2) is 0 Å². The molecule has 1 aromatic carbocycles. The third-order valence-electron chi connectivity index (χ3n) is 1.85. The molecule has 1 rings (SSSR count). The molecule has 0 bridgehead atoms. The summed E-state index contributed by atoms with van der Waals surface area (Å²) in [4.78, 5) is 2.13. The van der Waals surface area contributed by atoms with Crippen molar-refractivity contribution in [1.29, 1.82) is 0 Å². The van der Waals surface area contributed by atoms with Gasteiger partial charge in [0, 0.05) is 16.6 Å². The van der Waals surface area contributed by atoms with Gasteiger partial charge in [-0.1, -0.05) is 22.0 Å². The fourth-order valence-electron chi connectivity index (χ4n) is 1.30. The molecule has 78 valence electrons. The molecule has 0 saturated heterocycles. The molecule has 2 nitrogen and oxygen atoms in total. The Morgan fingerprint density at radius 3 is 2.64 bits per heavy atom. The molecule has 1 aromatic rings. The number of hydrogen-bond acceptors (Lipinski definition) is 2. The highest BCUT2D eigenvalue weighted by Gasteiger charge is 2.07. The summed E-state index contributed by atoms with van der Waals surface area (Å²) in [5.41, 5.74) is 1.21. The zero-order chi connectivity index (χ0) is 10.6. The van der Waals surface area contributed by atoms with Gasteiger partial charge in [0.2, 0.25) is 0 Å². The van der Waals surface area contributed by atoms with Gasteiger partial charge in [-0.2, -0.15) is 0 Å². The normalized spacial score (nSPS) is 10.6. The Labute approximate surface area is 94.0 Å². The van der Waals surface area contributed by atoms with E-state index in [4.69, 9.17) is 4.74 Å². The third-order valence-corrected chi connectivity index (χ3v) is 2.59. The number of benzene rings is 1. The smallest absolute Gasteiger partial charge is 0.124 e. The lowest BCUT2D eigenvalue weighted by molar-refractivity contribution is 0.324. The molecule has 0 radical (unpaired) electrons. The minimum absolute atomic E-state index is 0.705. The van der Waals surface area contributed by atoms with Crippen molar-refractivity contribution in [3.63, 3.8) is 0 Å². The molecule has 0 atom stereocenters. The second-order valence-electron chi connectivity index (χ2n) is 3.39. The van der Waals surface area contributed by atoms with Crippen molar-refractivity contribution >= 4 is 15.9 Å². The highest BCUT2D eigenvalue weighted by atomic mass is 79.9.